The molecule has 2 fully saturated rings. The van der Waals surface area contributed by atoms with Crippen molar-refractivity contribution in [1.29, 1.82) is 0 Å². The third-order valence-corrected chi connectivity index (χ3v) is 4.87. The van der Waals surface area contributed by atoms with E-state index in [1.54, 1.807) is 0 Å². The zero-order valence-corrected chi connectivity index (χ0v) is 12.1. The highest BCUT2D eigenvalue weighted by Crippen LogP contribution is 2.35. The minimum absolute atomic E-state index is 0.0150. The quantitative estimate of drug-likeness (QED) is 0.686. The van der Waals surface area contributed by atoms with Gasteiger partial charge in [-0.2, -0.15) is 0 Å². The van der Waals surface area contributed by atoms with E-state index in [1.165, 1.54) is 25.7 Å². The first-order valence-corrected chi connectivity index (χ1v) is 7.70. The lowest BCUT2D eigenvalue weighted by Gasteiger charge is -2.46. The topological polar surface area (TPSA) is 47.3 Å². The van der Waals surface area contributed by atoms with Gasteiger partial charge in [0.1, 0.15) is 0 Å². The molecule has 1 heterocycles. The van der Waals surface area contributed by atoms with Gasteiger partial charge >= 0.3 is 0 Å². The Bertz CT molecular complexity index is 267. The molecule has 106 valence electrons. The van der Waals surface area contributed by atoms with E-state index >= 15 is 0 Å². The van der Waals surface area contributed by atoms with Crippen molar-refractivity contribution in [1.82, 2.24) is 5.32 Å². The summed E-state index contributed by atoms with van der Waals surface area (Å²) >= 11 is 0. The van der Waals surface area contributed by atoms with Crippen molar-refractivity contribution in [3.8, 4) is 0 Å². The number of ether oxygens (including phenoxy) is 1. The van der Waals surface area contributed by atoms with Crippen molar-refractivity contribution < 1.29 is 4.74 Å². The van der Waals surface area contributed by atoms with Crippen LogP contribution in [0.4, 0.5) is 0 Å². The molecule has 1 saturated heterocycles. The summed E-state index contributed by atoms with van der Waals surface area (Å²) in [5.74, 6) is 1.04. The molecule has 2 aliphatic rings. The van der Waals surface area contributed by atoms with Crippen LogP contribution in [0.25, 0.3) is 0 Å². The molecule has 0 aromatic heterocycles. The van der Waals surface area contributed by atoms with Crippen molar-refractivity contribution in [2.45, 2.75) is 69.9 Å². The van der Waals surface area contributed by atoms with E-state index in [1.807, 2.05) is 0 Å². The molecule has 0 aromatic rings. The molecule has 0 spiro atoms. The van der Waals surface area contributed by atoms with Crippen LogP contribution in [0.2, 0.25) is 0 Å². The molecule has 3 nitrogen and oxygen atoms in total. The van der Waals surface area contributed by atoms with Crippen LogP contribution in [0.1, 0.15) is 58.8 Å². The van der Waals surface area contributed by atoms with E-state index in [0.29, 0.717) is 0 Å². The van der Waals surface area contributed by atoms with E-state index in [-0.39, 0.29) is 11.1 Å². The van der Waals surface area contributed by atoms with Crippen molar-refractivity contribution in [3.05, 3.63) is 0 Å². The second-order valence-corrected chi connectivity index (χ2v) is 6.58. The summed E-state index contributed by atoms with van der Waals surface area (Å²) in [6.45, 7) is 7.13. The average molecular weight is 254 g/mol. The van der Waals surface area contributed by atoms with E-state index in [2.05, 4.69) is 19.2 Å². The fraction of sp³-hybridized carbons (Fsp3) is 1.00. The fourth-order valence-corrected chi connectivity index (χ4v) is 3.12. The SMILES string of the molecule is CCC1(C)CC(CN)(NCCCC2CC2)CCO1. The van der Waals surface area contributed by atoms with Crippen LogP contribution in [0.15, 0.2) is 0 Å². The minimum atomic E-state index is 0.0150. The van der Waals surface area contributed by atoms with Gasteiger partial charge < -0.3 is 15.8 Å². The molecule has 0 amide bonds. The molecule has 2 unspecified atom stereocenters. The van der Waals surface area contributed by atoms with Crippen LogP contribution in [0.3, 0.4) is 0 Å². The smallest absolute Gasteiger partial charge is 0.0670 e. The summed E-state index contributed by atoms with van der Waals surface area (Å²) in [5, 5.41) is 3.75. The van der Waals surface area contributed by atoms with Gasteiger partial charge in [-0.25, -0.2) is 0 Å². The Morgan fingerprint density at radius 2 is 2.17 bits per heavy atom. The molecule has 18 heavy (non-hydrogen) atoms. The molecule has 1 saturated carbocycles. The highest BCUT2D eigenvalue weighted by atomic mass is 16.5. The van der Waals surface area contributed by atoms with Gasteiger partial charge in [-0.15, -0.1) is 0 Å². The molecule has 2 rings (SSSR count). The molecule has 3 N–H and O–H groups in total. The van der Waals surface area contributed by atoms with Gasteiger partial charge in [0.25, 0.3) is 0 Å². The van der Waals surface area contributed by atoms with Crippen molar-refractivity contribution in [2.75, 3.05) is 19.7 Å². The maximum Gasteiger partial charge on any atom is 0.0670 e. The Morgan fingerprint density at radius 3 is 2.78 bits per heavy atom. The van der Waals surface area contributed by atoms with Crippen molar-refractivity contribution in [2.24, 2.45) is 11.7 Å². The Labute approximate surface area is 112 Å². The van der Waals surface area contributed by atoms with Crippen molar-refractivity contribution in [3.63, 3.8) is 0 Å². The normalized spacial score (nSPS) is 36.8. The monoisotopic (exact) mass is 254 g/mol. The average Bonchev–Trinajstić information content (AvgIpc) is 3.19. The van der Waals surface area contributed by atoms with E-state index < -0.39 is 0 Å². The molecular formula is C15H30N2O. The highest BCUT2D eigenvalue weighted by molar-refractivity contribution is 4.98. The summed E-state index contributed by atoms with van der Waals surface area (Å²) in [4.78, 5) is 0. The van der Waals surface area contributed by atoms with Crippen LogP contribution in [-0.4, -0.2) is 30.8 Å². The molecule has 2 atom stereocenters. The van der Waals surface area contributed by atoms with Crippen LogP contribution in [0, 0.1) is 5.92 Å². The fourth-order valence-electron chi connectivity index (χ4n) is 3.12. The van der Waals surface area contributed by atoms with Gasteiger partial charge in [-0.05, 0) is 51.5 Å². The molecule has 1 aliphatic carbocycles. The zero-order chi connectivity index (χ0) is 13.1. The number of nitrogens with two attached hydrogens (primary N) is 1. The third-order valence-electron chi connectivity index (χ3n) is 4.87. The number of hydrogen-bond donors (Lipinski definition) is 2. The van der Waals surface area contributed by atoms with Crippen molar-refractivity contribution >= 4 is 0 Å². The van der Waals surface area contributed by atoms with E-state index in [0.717, 1.165) is 44.9 Å². The zero-order valence-electron chi connectivity index (χ0n) is 12.1. The van der Waals surface area contributed by atoms with Gasteiger partial charge in [-0.3, -0.25) is 0 Å². The first kappa shape index (κ1) is 14.3. The summed E-state index contributed by atoms with van der Waals surface area (Å²) in [7, 11) is 0. The predicted octanol–water partition coefficient (Wildman–Crippen LogP) is 2.44. The first-order chi connectivity index (χ1) is 8.61. The largest absolute Gasteiger partial charge is 0.375 e. The van der Waals surface area contributed by atoms with Gasteiger partial charge in [-0.1, -0.05) is 19.8 Å². The lowest BCUT2D eigenvalue weighted by molar-refractivity contribution is -0.0994. The summed E-state index contributed by atoms with van der Waals surface area (Å²) < 4.78 is 5.93. The Balaban J connectivity index is 1.79. The van der Waals surface area contributed by atoms with Crippen LogP contribution >= 0.6 is 0 Å². The van der Waals surface area contributed by atoms with Gasteiger partial charge in [0, 0.05) is 18.7 Å². The third kappa shape index (κ3) is 3.69. The Kier molecular flexibility index (Phi) is 4.68. The summed E-state index contributed by atoms with van der Waals surface area (Å²) in [6, 6.07) is 0. The van der Waals surface area contributed by atoms with Gasteiger partial charge in [0.2, 0.25) is 0 Å². The lowest BCUT2D eigenvalue weighted by Crippen LogP contribution is -2.59. The van der Waals surface area contributed by atoms with Crippen LogP contribution in [-0.2, 0) is 4.74 Å². The second-order valence-electron chi connectivity index (χ2n) is 6.58. The number of rotatable bonds is 7. The maximum atomic E-state index is 6.05. The van der Waals surface area contributed by atoms with E-state index in [4.69, 9.17) is 10.5 Å². The first-order valence-electron chi connectivity index (χ1n) is 7.70. The molecule has 0 radical (unpaired) electrons. The molecule has 1 aliphatic heterocycles. The maximum absolute atomic E-state index is 6.05. The number of hydrogen-bond acceptors (Lipinski definition) is 3. The predicted molar refractivity (Wildman–Crippen MR) is 75.6 cm³/mol. The van der Waals surface area contributed by atoms with E-state index in [9.17, 15) is 0 Å². The molecule has 0 bridgehead atoms. The van der Waals surface area contributed by atoms with Crippen LogP contribution in [0.5, 0.6) is 0 Å². The molecular weight excluding hydrogens is 224 g/mol. The van der Waals surface area contributed by atoms with Gasteiger partial charge in [0.05, 0.1) is 5.60 Å². The molecule has 0 aromatic carbocycles. The Morgan fingerprint density at radius 1 is 1.39 bits per heavy atom. The Hall–Kier alpha value is -0.120. The minimum Gasteiger partial charge on any atom is -0.375 e. The second kappa shape index (κ2) is 5.89. The number of nitrogens with one attached hydrogen (secondary N) is 1. The summed E-state index contributed by atoms with van der Waals surface area (Å²) in [6.07, 6.45) is 8.80. The van der Waals surface area contributed by atoms with Crippen LogP contribution < -0.4 is 11.1 Å². The van der Waals surface area contributed by atoms with Gasteiger partial charge in [0.15, 0.2) is 0 Å². The summed E-state index contributed by atoms with van der Waals surface area (Å²) in [5.41, 5.74) is 6.18. The standard InChI is InChI=1S/C15H30N2O/c1-3-14(2)11-15(12-16,8-10-18-14)17-9-4-5-13-6-7-13/h13,17H,3-12,16H2,1-2H3. The lowest BCUT2D eigenvalue weighted by atomic mass is 9.79. The highest BCUT2D eigenvalue weighted by Gasteiger charge is 2.41. The molecule has 3 heteroatoms.